The summed E-state index contributed by atoms with van der Waals surface area (Å²) in [6.07, 6.45) is 3.98. The van der Waals surface area contributed by atoms with Gasteiger partial charge in [0.05, 0.1) is 19.7 Å². The maximum Gasteiger partial charge on any atom is 0.244 e. The molecular weight excluding hydrogens is 290 g/mol. The SMILES string of the molecule is COc1ccc(CC(=O)N/N=C/c2cc(C)n(C(C)C)c2)cc1. The first-order valence-electron chi connectivity index (χ1n) is 7.63. The van der Waals surface area contributed by atoms with Crippen molar-refractivity contribution in [3.8, 4) is 5.75 Å². The van der Waals surface area contributed by atoms with Gasteiger partial charge < -0.3 is 9.30 Å². The fourth-order valence-corrected chi connectivity index (χ4v) is 2.39. The molecule has 1 aromatic heterocycles. The number of nitrogens with one attached hydrogen (secondary N) is 1. The van der Waals surface area contributed by atoms with E-state index in [4.69, 9.17) is 4.74 Å². The third-order valence-corrected chi connectivity index (χ3v) is 3.55. The summed E-state index contributed by atoms with van der Waals surface area (Å²) in [5.74, 6) is 0.628. The number of methoxy groups -OCH3 is 1. The molecule has 1 amide bonds. The molecule has 0 saturated heterocycles. The average Bonchev–Trinajstić information content (AvgIpc) is 2.89. The van der Waals surface area contributed by atoms with Crippen LogP contribution in [-0.4, -0.2) is 23.8 Å². The molecule has 0 spiro atoms. The van der Waals surface area contributed by atoms with Gasteiger partial charge in [0.1, 0.15) is 5.75 Å². The molecule has 0 aliphatic rings. The van der Waals surface area contributed by atoms with Crippen molar-refractivity contribution in [1.82, 2.24) is 9.99 Å². The van der Waals surface area contributed by atoms with E-state index in [1.54, 1.807) is 13.3 Å². The van der Waals surface area contributed by atoms with Gasteiger partial charge in [-0.1, -0.05) is 12.1 Å². The Morgan fingerprint density at radius 3 is 2.61 bits per heavy atom. The number of hydrazone groups is 1. The molecule has 0 atom stereocenters. The summed E-state index contributed by atoms with van der Waals surface area (Å²) in [7, 11) is 1.62. The lowest BCUT2D eigenvalue weighted by Crippen LogP contribution is -2.19. The van der Waals surface area contributed by atoms with Crippen LogP contribution in [0.4, 0.5) is 0 Å². The summed E-state index contributed by atoms with van der Waals surface area (Å²) in [5, 5.41) is 4.02. The number of hydrogen-bond acceptors (Lipinski definition) is 3. The van der Waals surface area contributed by atoms with E-state index in [0.29, 0.717) is 6.04 Å². The van der Waals surface area contributed by atoms with E-state index in [2.05, 4.69) is 35.9 Å². The summed E-state index contributed by atoms with van der Waals surface area (Å²) in [6.45, 7) is 6.31. The van der Waals surface area contributed by atoms with Crippen molar-refractivity contribution >= 4 is 12.1 Å². The lowest BCUT2D eigenvalue weighted by atomic mass is 10.1. The first-order valence-corrected chi connectivity index (χ1v) is 7.63. The summed E-state index contributed by atoms with van der Waals surface area (Å²) in [5.41, 5.74) is 5.62. The topological polar surface area (TPSA) is 55.6 Å². The molecular formula is C18H23N3O2. The predicted octanol–water partition coefficient (Wildman–Crippen LogP) is 3.08. The summed E-state index contributed by atoms with van der Waals surface area (Å²) < 4.78 is 7.26. The van der Waals surface area contributed by atoms with Gasteiger partial charge in [-0.3, -0.25) is 4.79 Å². The van der Waals surface area contributed by atoms with E-state index in [1.165, 1.54) is 5.69 Å². The van der Waals surface area contributed by atoms with Crippen LogP contribution >= 0.6 is 0 Å². The van der Waals surface area contributed by atoms with Gasteiger partial charge in [0.15, 0.2) is 0 Å². The molecule has 0 aliphatic heterocycles. The largest absolute Gasteiger partial charge is 0.497 e. The van der Waals surface area contributed by atoms with Crippen LogP contribution in [0, 0.1) is 6.92 Å². The number of rotatable bonds is 6. The van der Waals surface area contributed by atoms with Crippen LogP contribution in [0.5, 0.6) is 5.75 Å². The van der Waals surface area contributed by atoms with E-state index in [-0.39, 0.29) is 12.3 Å². The van der Waals surface area contributed by atoms with E-state index in [9.17, 15) is 4.79 Å². The molecule has 1 aromatic carbocycles. The Hall–Kier alpha value is -2.56. The van der Waals surface area contributed by atoms with Crippen LogP contribution < -0.4 is 10.2 Å². The Morgan fingerprint density at radius 1 is 1.35 bits per heavy atom. The normalized spacial score (nSPS) is 11.2. The second-order valence-corrected chi connectivity index (χ2v) is 5.73. The lowest BCUT2D eigenvalue weighted by molar-refractivity contribution is -0.120. The monoisotopic (exact) mass is 313 g/mol. The standard InChI is InChI=1S/C18H23N3O2/c1-13(2)21-12-16(9-14(21)3)11-19-20-18(22)10-15-5-7-17(23-4)8-6-15/h5-9,11-13H,10H2,1-4H3,(H,20,22)/b19-11+. The molecule has 23 heavy (non-hydrogen) atoms. The fourth-order valence-electron chi connectivity index (χ4n) is 2.39. The third kappa shape index (κ3) is 4.71. The van der Waals surface area contributed by atoms with Crippen LogP contribution in [0.3, 0.4) is 0 Å². The van der Waals surface area contributed by atoms with Crippen LogP contribution in [0.2, 0.25) is 0 Å². The van der Waals surface area contributed by atoms with Crippen molar-refractivity contribution in [2.24, 2.45) is 5.10 Å². The maximum absolute atomic E-state index is 11.9. The Morgan fingerprint density at radius 2 is 2.04 bits per heavy atom. The van der Waals surface area contributed by atoms with Gasteiger partial charge in [-0.25, -0.2) is 5.43 Å². The maximum atomic E-state index is 11.9. The zero-order chi connectivity index (χ0) is 16.8. The molecule has 1 heterocycles. The molecule has 2 rings (SSSR count). The molecule has 5 nitrogen and oxygen atoms in total. The summed E-state index contributed by atoms with van der Waals surface area (Å²) in [6, 6.07) is 9.86. The zero-order valence-electron chi connectivity index (χ0n) is 14.0. The average molecular weight is 313 g/mol. The highest BCUT2D eigenvalue weighted by Gasteiger charge is 2.04. The van der Waals surface area contributed by atoms with Crippen molar-refractivity contribution < 1.29 is 9.53 Å². The highest BCUT2D eigenvalue weighted by atomic mass is 16.5. The van der Waals surface area contributed by atoms with Crippen LogP contribution in [-0.2, 0) is 11.2 Å². The van der Waals surface area contributed by atoms with Gasteiger partial charge in [0.2, 0.25) is 5.91 Å². The minimum atomic E-state index is -0.147. The number of amides is 1. The number of ether oxygens (including phenoxy) is 1. The molecule has 2 aromatic rings. The third-order valence-electron chi connectivity index (χ3n) is 3.55. The minimum absolute atomic E-state index is 0.147. The molecule has 0 fully saturated rings. The quantitative estimate of drug-likeness (QED) is 0.658. The van der Waals surface area contributed by atoms with E-state index in [0.717, 1.165) is 16.9 Å². The van der Waals surface area contributed by atoms with Gasteiger partial charge in [-0.2, -0.15) is 5.10 Å². The number of nitrogens with zero attached hydrogens (tertiary/aromatic N) is 2. The number of carbonyl (C=O) groups excluding carboxylic acids is 1. The Labute approximate surface area is 137 Å². The molecule has 0 aliphatic carbocycles. The number of aryl methyl sites for hydroxylation is 1. The van der Waals surface area contributed by atoms with E-state index < -0.39 is 0 Å². The minimum Gasteiger partial charge on any atom is -0.497 e. The lowest BCUT2D eigenvalue weighted by Gasteiger charge is -2.08. The highest BCUT2D eigenvalue weighted by molar-refractivity contribution is 5.83. The molecule has 5 heteroatoms. The van der Waals surface area contributed by atoms with E-state index >= 15 is 0 Å². The summed E-state index contributed by atoms with van der Waals surface area (Å²) >= 11 is 0. The van der Waals surface area contributed by atoms with Gasteiger partial charge in [-0.05, 0) is 44.5 Å². The molecule has 0 unspecified atom stereocenters. The van der Waals surface area contributed by atoms with Crippen molar-refractivity contribution in [2.45, 2.75) is 33.2 Å². The van der Waals surface area contributed by atoms with Gasteiger partial charge in [-0.15, -0.1) is 0 Å². The molecule has 0 saturated carbocycles. The number of benzene rings is 1. The molecule has 1 N–H and O–H groups in total. The van der Waals surface area contributed by atoms with Crippen molar-refractivity contribution in [1.29, 1.82) is 0 Å². The highest BCUT2D eigenvalue weighted by Crippen LogP contribution is 2.13. The second-order valence-electron chi connectivity index (χ2n) is 5.73. The Bertz CT molecular complexity index is 685. The Kier molecular flexibility index (Phi) is 5.57. The van der Waals surface area contributed by atoms with Crippen molar-refractivity contribution in [3.05, 3.63) is 53.3 Å². The zero-order valence-corrected chi connectivity index (χ0v) is 14.0. The van der Waals surface area contributed by atoms with Crippen molar-refractivity contribution in [2.75, 3.05) is 7.11 Å². The van der Waals surface area contributed by atoms with Crippen molar-refractivity contribution in [3.63, 3.8) is 0 Å². The molecule has 122 valence electrons. The summed E-state index contributed by atoms with van der Waals surface area (Å²) in [4.78, 5) is 11.9. The second kappa shape index (κ2) is 7.63. The van der Waals surface area contributed by atoms with Crippen LogP contribution in [0.1, 0.15) is 36.7 Å². The predicted molar refractivity (Wildman–Crippen MR) is 92.0 cm³/mol. The molecule has 0 bridgehead atoms. The Balaban J connectivity index is 1.89. The van der Waals surface area contributed by atoms with Gasteiger partial charge in [0, 0.05) is 23.5 Å². The smallest absolute Gasteiger partial charge is 0.244 e. The fraction of sp³-hybridized carbons (Fsp3) is 0.333. The van der Waals surface area contributed by atoms with Gasteiger partial charge in [0.25, 0.3) is 0 Å². The number of hydrogen-bond donors (Lipinski definition) is 1. The van der Waals surface area contributed by atoms with Gasteiger partial charge >= 0.3 is 0 Å². The first kappa shape index (κ1) is 16.8. The molecule has 0 radical (unpaired) electrons. The van der Waals surface area contributed by atoms with E-state index in [1.807, 2.05) is 36.5 Å². The number of aromatic nitrogens is 1. The van der Waals surface area contributed by atoms with Crippen LogP contribution in [0.25, 0.3) is 0 Å². The first-order chi connectivity index (χ1) is 11.0. The van der Waals surface area contributed by atoms with Crippen LogP contribution in [0.15, 0.2) is 41.6 Å². The number of carbonyl (C=O) groups is 1.